The molecule has 1 aliphatic heterocycles. The molecule has 1 atom stereocenters. The van der Waals surface area contributed by atoms with E-state index in [4.69, 9.17) is 28.3 Å². The zero-order valence-corrected chi connectivity index (χ0v) is 13.2. The van der Waals surface area contributed by atoms with Gasteiger partial charge in [0.2, 0.25) is 0 Å². The summed E-state index contributed by atoms with van der Waals surface area (Å²) >= 11 is 11.9. The summed E-state index contributed by atoms with van der Waals surface area (Å²) in [6.45, 7) is 3.46. The Kier molecular flexibility index (Phi) is 6.23. The van der Waals surface area contributed by atoms with Crippen molar-refractivity contribution in [3.05, 3.63) is 28.0 Å². The molecule has 1 aromatic heterocycles. The average molecular weight is 332 g/mol. The molecule has 0 saturated carbocycles. The van der Waals surface area contributed by atoms with Gasteiger partial charge in [0.05, 0.1) is 6.54 Å². The number of carbonyl (C=O) groups is 1. The molecule has 0 spiro atoms. The van der Waals surface area contributed by atoms with E-state index >= 15 is 0 Å². The Balaban J connectivity index is 1.84. The highest BCUT2D eigenvalue weighted by Gasteiger charge is 2.20. The fourth-order valence-electron chi connectivity index (χ4n) is 2.64. The van der Waals surface area contributed by atoms with Gasteiger partial charge in [-0.25, -0.2) is 4.98 Å². The van der Waals surface area contributed by atoms with Crippen LogP contribution in [0.15, 0.2) is 12.1 Å². The van der Waals surface area contributed by atoms with Gasteiger partial charge in [-0.3, -0.25) is 9.69 Å². The van der Waals surface area contributed by atoms with E-state index in [9.17, 15) is 4.79 Å². The molecule has 2 rings (SSSR count). The lowest BCUT2D eigenvalue weighted by molar-refractivity contribution is -0.136. The molecular weight excluding hydrogens is 313 g/mol. The summed E-state index contributed by atoms with van der Waals surface area (Å²) in [4.78, 5) is 16.9. The maximum absolute atomic E-state index is 10.5. The first-order valence-corrected chi connectivity index (χ1v) is 7.76. The van der Waals surface area contributed by atoms with E-state index in [1.165, 1.54) is 0 Å². The number of aromatic nitrogens is 1. The van der Waals surface area contributed by atoms with E-state index in [-0.39, 0.29) is 6.54 Å². The van der Waals surface area contributed by atoms with Gasteiger partial charge < -0.3 is 10.4 Å². The van der Waals surface area contributed by atoms with Gasteiger partial charge in [0, 0.05) is 18.7 Å². The minimum atomic E-state index is -0.818. The molecule has 7 heteroatoms. The molecule has 0 radical (unpaired) electrons. The molecule has 1 saturated heterocycles. The Morgan fingerprint density at radius 1 is 1.48 bits per heavy atom. The Labute approximate surface area is 134 Å². The lowest BCUT2D eigenvalue weighted by Crippen LogP contribution is -2.40. The smallest absolute Gasteiger partial charge is 0.317 e. The number of piperidine rings is 1. The standard InChI is InChI=1S/C14H19Cl2N3O2/c15-12-4-3-11(14(16)18-12)9-19-5-1-2-10(8-19)6-17-7-13(20)21/h3-4,10,17H,1-2,5-9H2,(H,20,21). The maximum atomic E-state index is 10.5. The summed E-state index contributed by atoms with van der Waals surface area (Å²) in [6.07, 6.45) is 2.23. The summed E-state index contributed by atoms with van der Waals surface area (Å²) in [5.41, 5.74) is 0.972. The third-order valence-electron chi connectivity index (χ3n) is 3.60. The first kappa shape index (κ1) is 16.5. The normalized spacial score (nSPS) is 19.6. The van der Waals surface area contributed by atoms with Gasteiger partial charge >= 0.3 is 5.97 Å². The quantitative estimate of drug-likeness (QED) is 0.783. The van der Waals surface area contributed by atoms with Gasteiger partial charge in [-0.15, -0.1) is 0 Å². The van der Waals surface area contributed by atoms with Crippen molar-refractivity contribution in [2.75, 3.05) is 26.2 Å². The second kappa shape index (κ2) is 7.94. The Morgan fingerprint density at radius 3 is 3.00 bits per heavy atom. The largest absolute Gasteiger partial charge is 0.480 e. The van der Waals surface area contributed by atoms with Crippen molar-refractivity contribution >= 4 is 29.2 Å². The topological polar surface area (TPSA) is 65.5 Å². The van der Waals surface area contributed by atoms with E-state index < -0.39 is 5.97 Å². The Morgan fingerprint density at radius 2 is 2.29 bits per heavy atom. The number of hydrogen-bond donors (Lipinski definition) is 2. The lowest BCUT2D eigenvalue weighted by atomic mass is 9.97. The van der Waals surface area contributed by atoms with E-state index in [0.29, 0.717) is 16.2 Å². The van der Waals surface area contributed by atoms with Gasteiger partial charge in [0.25, 0.3) is 0 Å². The molecule has 5 nitrogen and oxygen atoms in total. The van der Waals surface area contributed by atoms with Crippen LogP contribution in [-0.2, 0) is 11.3 Å². The van der Waals surface area contributed by atoms with Gasteiger partial charge in [0.1, 0.15) is 10.3 Å². The minimum absolute atomic E-state index is 0.0173. The SMILES string of the molecule is O=C(O)CNCC1CCCN(Cc2ccc(Cl)nc2Cl)C1. The van der Waals surface area contributed by atoms with Crippen molar-refractivity contribution < 1.29 is 9.90 Å². The summed E-state index contributed by atoms with van der Waals surface area (Å²) < 4.78 is 0. The van der Waals surface area contributed by atoms with Crippen LogP contribution in [0.25, 0.3) is 0 Å². The van der Waals surface area contributed by atoms with Crippen molar-refractivity contribution in [2.24, 2.45) is 5.92 Å². The molecule has 1 aromatic rings. The number of carboxylic acids is 1. The zero-order valence-electron chi connectivity index (χ0n) is 11.7. The minimum Gasteiger partial charge on any atom is -0.480 e. The van der Waals surface area contributed by atoms with Crippen LogP contribution in [0.4, 0.5) is 0 Å². The molecule has 0 bridgehead atoms. The highest BCUT2D eigenvalue weighted by molar-refractivity contribution is 6.32. The summed E-state index contributed by atoms with van der Waals surface area (Å²) in [5.74, 6) is -0.348. The van der Waals surface area contributed by atoms with Crippen molar-refractivity contribution in [1.82, 2.24) is 15.2 Å². The molecule has 1 unspecified atom stereocenters. The first-order valence-electron chi connectivity index (χ1n) is 7.00. The molecule has 116 valence electrons. The van der Waals surface area contributed by atoms with Crippen molar-refractivity contribution in [1.29, 1.82) is 0 Å². The fourth-order valence-corrected chi connectivity index (χ4v) is 3.05. The van der Waals surface area contributed by atoms with Crippen LogP contribution in [0.1, 0.15) is 18.4 Å². The summed E-state index contributed by atoms with van der Waals surface area (Å²) in [7, 11) is 0. The number of halogens is 2. The predicted octanol–water partition coefficient (Wildman–Crippen LogP) is 2.27. The summed E-state index contributed by atoms with van der Waals surface area (Å²) in [5, 5.41) is 12.5. The van der Waals surface area contributed by atoms with Crippen molar-refractivity contribution in [3.8, 4) is 0 Å². The van der Waals surface area contributed by atoms with E-state index in [0.717, 1.165) is 44.6 Å². The number of hydrogen-bond acceptors (Lipinski definition) is 4. The van der Waals surface area contributed by atoms with Crippen LogP contribution in [-0.4, -0.2) is 47.1 Å². The molecule has 0 aromatic carbocycles. The highest BCUT2D eigenvalue weighted by atomic mass is 35.5. The molecule has 1 fully saturated rings. The molecular formula is C14H19Cl2N3O2. The van der Waals surface area contributed by atoms with Gasteiger partial charge in [-0.1, -0.05) is 29.3 Å². The number of pyridine rings is 1. The molecule has 1 aliphatic rings. The van der Waals surface area contributed by atoms with Crippen molar-refractivity contribution in [3.63, 3.8) is 0 Å². The number of rotatable bonds is 6. The average Bonchev–Trinajstić information content (AvgIpc) is 2.42. The Bertz CT molecular complexity index is 499. The predicted molar refractivity (Wildman–Crippen MR) is 82.8 cm³/mol. The molecule has 2 N–H and O–H groups in total. The number of carboxylic acid groups (broad SMARTS) is 1. The van der Waals surface area contributed by atoms with Crippen LogP contribution in [0.3, 0.4) is 0 Å². The fraction of sp³-hybridized carbons (Fsp3) is 0.571. The highest BCUT2D eigenvalue weighted by Crippen LogP contribution is 2.22. The summed E-state index contributed by atoms with van der Waals surface area (Å²) in [6, 6.07) is 3.66. The first-order chi connectivity index (χ1) is 10.0. The molecule has 2 heterocycles. The monoisotopic (exact) mass is 331 g/mol. The van der Waals surface area contributed by atoms with Crippen LogP contribution in [0.5, 0.6) is 0 Å². The second-order valence-corrected chi connectivity index (χ2v) is 6.10. The number of likely N-dealkylation sites (tertiary alicyclic amines) is 1. The number of nitrogens with one attached hydrogen (secondary N) is 1. The van der Waals surface area contributed by atoms with Gasteiger partial charge in [0.15, 0.2) is 0 Å². The molecule has 0 aliphatic carbocycles. The van der Waals surface area contributed by atoms with Crippen LogP contribution >= 0.6 is 23.2 Å². The van der Waals surface area contributed by atoms with E-state index in [1.807, 2.05) is 6.07 Å². The maximum Gasteiger partial charge on any atom is 0.317 e. The number of nitrogens with zero attached hydrogens (tertiary/aromatic N) is 2. The van der Waals surface area contributed by atoms with Gasteiger partial charge in [-0.05, 0) is 37.9 Å². The second-order valence-electron chi connectivity index (χ2n) is 5.35. The number of aliphatic carboxylic acids is 1. The van der Waals surface area contributed by atoms with Crippen LogP contribution < -0.4 is 5.32 Å². The molecule has 21 heavy (non-hydrogen) atoms. The third kappa shape index (κ3) is 5.43. The third-order valence-corrected chi connectivity index (χ3v) is 4.14. The van der Waals surface area contributed by atoms with E-state index in [1.54, 1.807) is 6.07 Å². The van der Waals surface area contributed by atoms with E-state index in [2.05, 4.69) is 15.2 Å². The Hall–Kier alpha value is -0.880. The van der Waals surface area contributed by atoms with Crippen LogP contribution in [0, 0.1) is 5.92 Å². The van der Waals surface area contributed by atoms with Crippen molar-refractivity contribution in [2.45, 2.75) is 19.4 Å². The van der Waals surface area contributed by atoms with Gasteiger partial charge in [-0.2, -0.15) is 0 Å². The lowest BCUT2D eigenvalue weighted by Gasteiger charge is -2.32. The van der Waals surface area contributed by atoms with Crippen LogP contribution in [0.2, 0.25) is 10.3 Å². The molecule has 0 amide bonds. The zero-order chi connectivity index (χ0) is 15.2.